The molecule has 1 heterocycles. The van der Waals surface area contributed by atoms with Gasteiger partial charge in [-0.05, 0) is 75.6 Å². The first-order valence-corrected chi connectivity index (χ1v) is 11.1. The molecule has 32 heavy (non-hydrogen) atoms. The first-order chi connectivity index (χ1) is 15.1. The molecule has 2 aromatic rings. The molecule has 0 radical (unpaired) electrons. The number of nitrogens with one attached hydrogen (secondary N) is 2. The van der Waals surface area contributed by atoms with Crippen LogP contribution >= 0.6 is 0 Å². The summed E-state index contributed by atoms with van der Waals surface area (Å²) in [5, 5.41) is 19.1. The summed E-state index contributed by atoms with van der Waals surface area (Å²) in [7, 11) is 1.76. The fraction of sp³-hybridized carbons (Fsp3) is 0.500. The van der Waals surface area contributed by atoms with Crippen LogP contribution in [0.2, 0.25) is 0 Å². The lowest BCUT2D eigenvalue weighted by atomic mass is 9.78. The van der Waals surface area contributed by atoms with E-state index >= 15 is 0 Å². The van der Waals surface area contributed by atoms with Gasteiger partial charge in [-0.25, -0.2) is 4.79 Å². The summed E-state index contributed by atoms with van der Waals surface area (Å²) in [5.74, 6) is -1.23. The Balaban J connectivity index is 1.55. The molecule has 2 amide bonds. The van der Waals surface area contributed by atoms with E-state index in [9.17, 15) is 19.5 Å². The number of rotatable bonds is 7. The van der Waals surface area contributed by atoms with Crippen molar-refractivity contribution >= 4 is 23.5 Å². The number of amides is 2. The van der Waals surface area contributed by atoms with Gasteiger partial charge in [-0.3, -0.25) is 14.3 Å². The number of carbonyl (C=O) groups is 3. The molecule has 0 atom stereocenters. The highest BCUT2D eigenvalue weighted by molar-refractivity contribution is 6.03. The third-order valence-electron chi connectivity index (χ3n) is 6.23. The van der Waals surface area contributed by atoms with Gasteiger partial charge in [-0.1, -0.05) is 19.1 Å². The predicted molar refractivity (Wildman–Crippen MR) is 122 cm³/mol. The molecule has 0 aliphatic heterocycles. The molecule has 8 heteroatoms. The molecular formula is C24H32N4O4. The number of aliphatic carboxylic acids is 1. The number of carbonyl (C=O) groups excluding carboxylic acids is 2. The van der Waals surface area contributed by atoms with Crippen molar-refractivity contribution in [3.05, 3.63) is 47.3 Å². The summed E-state index contributed by atoms with van der Waals surface area (Å²) < 4.78 is 1.59. The third kappa shape index (κ3) is 5.36. The van der Waals surface area contributed by atoms with Gasteiger partial charge in [-0.2, -0.15) is 5.10 Å². The first-order valence-electron chi connectivity index (χ1n) is 11.1. The van der Waals surface area contributed by atoms with Gasteiger partial charge in [-0.15, -0.1) is 0 Å². The van der Waals surface area contributed by atoms with Crippen LogP contribution in [0.5, 0.6) is 0 Å². The average Bonchev–Trinajstić information content (AvgIpc) is 3.15. The summed E-state index contributed by atoms with van der Waals surface area (Å²) in [5.41, 5.74) is 2.04. The van der Waals surface area contributed by atoms with Gasteiger partial charge in [0.15, 0.2) is 0 Å². The largest absolute Gasteiger partial charge is 0.480 e. The number of aromatic nitrogens is 2. The predicted octanol–water partition coefficient (Wildman–Crippen LogP) is 3.49. The van der Waals surface area contributed by atoms with Crippen LogP contribution < -0.4 is 10.6 Å². The van der Waals surface area contributed by atoms with Gasteiger partial charge < -0.3 is 15.7 Å². The molecule has 1 aliphatic rings. The number of hydrogen-bond donors (Lipinski definition) is 3. The summed E-state index contributed by atoms with van der Waals surface area (Å²) >= 11 is 0. The molecule has 3 rings (SSSR count). The van der Waals surface area contributed by atoms with Crippen LogP contribution in [-0.2, 0) is 23.1 Å². The van der Waals surface area contributed by atoms with E-state index in [2.05, 4.69) is 15.7 Å². The molecule has 0 saturated heterocycles. The van der Waals surface area contributed by atoms with Gasteiger partial charge in [0.2, 0.25) is 5.91 Å². The lowest BCUT2D eigenvalue weighted by molar-refractivity contribution is -0.146. The minimum absolute atomic E-state index is 0.157. The minimum Gasteiger partial charge on any atom is -0.480 e. The summed E-state index contributed by atoms with van der Waals surface area (Å²) in [4.78, 5) is 36.2. The van der Waals surface area contributed by atoms with Gasteiger partial charge >= 0.3 is 5.97 Å². The Hall–Kier alpha value is -3.16. The molecule has 0 unspecified atom stereocenters. The molecule has 172 valence electrons. The average molecular weight is 441 g/mol. The number of benzene rings is 1. The van der Waals surface area contributed by atoms with E-state index in [0.717, 1.165) is 43.5 Å². The number of nitrogens with zero attached hydrogens (tertiary/aromatic N) is 2. The van der Waals surface area contributed by atoms with Gasteiger partial charge in [0.1, 0.15) is 11.2 Å². The highest BCUT2D eigenvalue weighted by Gasteiger charge is 2.33. The lowest BCUT2D eigenvalue weighted by Crippen LogP contribution is -2.51. The SMILES string of the molecule is CCc1cc(C(=O)Nc2ccc([C@H]3CC[C@H](C(=O)NC(C)(C)C(=O)O)CC3)cc2)n(C)n1. The zero-order valence-electron chi connectivity index (χ0n) is 19.1. The fourth-order valence-corrected chi connectivity index (χ4v) is 4.10. The molecule has 8 nitrogen and oxygen atoms in total. The summed E-state index contributed by atoms with van der Waals surface area (Å²) in [6.07, 6.45) is 3.96. The van der Waals surface area contributed by atoms with Gasteiger partial charge in [0.25, 0.3) is 5.91 Å². The van der Waals surface area contributed by atoms with Crippen LogP contribution in [0.4, 0.5) is 5.69 Å². The summed E-state index contributed by atoms with van der Waals surface area (Å²) in [6.45, 7) is 4.99. The maximum atomic E-state index is 12.5. The van der Waals surface area contributed by atoms with Crippen LogP contribution in [0.25, 0.3) is 0 Å². The van der Waals surface area contributed by atoms with Gasteiger partial charge in [0, 0.05) is 18.7 Å². The lowest BCUT2D eigenvalue weighted by Gasteiger charge is -2.30. The Labute approximate surface area is 188 Å². The molecule has 1 saturated carbocycles. The second kappa shape index (κ2) is 9.54. The number of anilines is 1. The number of carboxylic acid groups (broad SMARTS) is 1. The molecule has 1 aliphatic carbocycles. The standard InChI is InChI=1S/C24H32N4O4/c1-5-18-14-20(28(4)27-18)22(30)25-19-12-10-16(11-13-19)15-6-8-17(9-7-15)21(29)26-24(2,3)23(31)32/h10-15,17H,5-9H2,1-4H3,(H,25,30)(H,26,29)(H,31,32)/t15-,17-. The monoisotopic (exact) mass is 440 g/mol. The maximum absolute atomic E-state index is 12.5. The molecule has 1 fully saturated rings. The van der Waals surface area contributed by atoms with Crippen molar-refractivity contribution in [1.29, 1.82) is 0 Å². The minimum atomic E-state index is -1.26. The van der Waals surface area contributed by atoms with Crippen molar-refractivity contribution in [2.75, 3.05) is 5.32 Å². The van der Waals surface area contributed by atoms with Gasteiger partial charge in [0.05, 0.1) is 5.69 Å². The van der Waals surface area contributed by atoms with E-state index < -0.39 is 11.5 Å². The second-order valence-electron chi connectivity index (χ2n) is 9.04. The van der Waals surface area contributed by atoms with Crippen molar-refractivity contribution in [1.82, 2.24) is 15.1 Å². The highest BCUT2D eigenvalue weighted by Crippen LogP contribution is 2.36. The highest BCUT2D eigenvalue weighted by atomic mass is 16.4. The molecule has 3 N–H and O–H groups in total. The molecular weight excluding hydrogens is 408 g/mol. The zero-order chi connectivity index (χ0) is 23.5. The van der Waals surface area contributed by atoms with Crippen LogP contribution in [0.15, 0.2) is 30.3 Å². The van der Waals surface area contributed by atoms with E-state index in [0.29, 0.717) is 11.6 Å². The van der Waals surface area contributed by atoms with E-state index in [1.807, 2.05) is 31.2 Å². The van der Waals surface area contributed by atoms with E-state index in [4.69, 9.17) is 0 Å². The molecule has 0 spiro atoms. The second-order valence-corrected chi connectivity index (χ2v) is 9.04. The summed E-state index contributed by atoms with van der Waals surface area (Å²) in [6, 6.07) is 9.65. The van der Waals surface area contributed by atoms with Crippen LogP contribution in [0, 0.1) is 5.92 Å². The quantitative estimate of drug-likeness (QED) is 0.610. The Morgan fingerprint density at radius 2 is 1.75 bits per heavy atom. The van der Waals surface area contributed by atoms with Crippen molar-refractivity contribution in [3.63, 3.8) is 0 Å². The normalized spacial score (nSPS) is 18.8. The number of carboxylic acids is 1. The number of hydrogen-bond acceptors (Lipinski definition) is 4. The van der Waals surface area contributed by atoms with Crippen LogP contribution in [0.3, 0.4) is 0 Å². The van der Waals surface area contributed by atoms with Crippen LogP contribution in [0.1, 0.15) is 74.1 Å². The smallest absolute Gasteiger partial charge is 0.328 e. The maximum Gasteiger partial charge on any atom is 0.328 e. The molecule has 1 aromatic carbocycles. The fourth-order valence-electron chi connectivity index (χ4n) is 4.10. The van der Waals surface area contributed by atoms with Crippen molar-refractivity contribution in [2.45, 2.75) is 64.3 Å². The Morgan fingerprint density at radius 1 is 1.12 bits per heavy atom. The molecule has 1 aromatic heterocycles. The van der Waals surface area contributed by atoms with Crippen molar-refractivity contribution < 1.29 is 19.5 Å². The van der Waals surface area contributed by atoms with Crippen LogP contribution in [-0.4, -0.2) is 38.2 Å². The van der Waals surface area contributed by atoms with E-state index in [1.54, 1.807) is 17.8 Å². The molecule has 0 bridgehead atoms. The topological polar surface area (TPSA) is 113 Å². The van der Waals surface area contributed by atoms with Crippen molar-refractivity contribution in [2.24, 2.45) is 13.0 Å². The zero-order valence-corrected chi connectivity index (χ0v) is 19.1. The number of aryl methyl sites for hydroxylation is 2. The third-order valence-corrected chi connectivity index (χ3v) is 6.23. The first kappa shape index (κ1) is 23.5. The Bertz CT molecular complexity index is 986. The van der Waals surface area contributed by atoms with Crippen molar-refractivity contribution in [3.8, 4) is 0 Å². The Kier molecular flexibility index (Phi) is 7.01. The van der Waals surface area contributed by atoms with E-state index in [-0.39, 0.29) is 17.7 Å². The Morgan fingerprint density at radius 3 is 2.28 bits per heavy atom. The van der Waals surface area contributed by atoms with E-state index in [1.165, 1.54) is 19.4 Å².